The second-order valence-electron chi connectivity index (χ2n) is 4.66. The number of nitrogens with two attached hydrogens (primary N) is 1. The van der Waals surface area contributed by atoms with Crippen molar-refractivity contribution in [3.8, 4) is 5.75 Å². The van der Waals surface area contributed by atoms with Crippen molar-refractivity contribution in [1.29, 1.82) is 0 Å². The fraction of sp³-hybridized carbons (Fsp3) is 0.176. The largest absolute Gasteiger partial charge is 0.494 e. The quantitative estimate of drug-likeness (QED) is 0.765. The molecule has 2 aromatic rings. The van der Waals surface area contributed by atoms with Crippen molar-refractivity contribution in [2.45, 2.75) is 11.8 Å². The molecule has 0 saturated heterocycles. The molecule has 0 saturated carbocycles. The molecule has 2 amide bonds. The van der Waals surface area contributed by atoms with Crippen molar-refractivity contribution in [2.75, 3.05) is 17.7 Å². The maximum absolute atomic E-state index is 12.4. The average molecular weight is 330 g/mol. The Morgan fingerprint density at radius 2 is 1.83 bits per heavy atom. The maximum atomic E-state index is 12.4. The van der Waals surface area contributed by atoms with E-state index in [0.29, 0.717) is 17.9 Å². The summed E-state index contributed by atoms with van der Waals surface area (Å²) in [5.41, 5.74) is 6.34. The third-order valence-corrected chi connectivity index (χ3v) is 4.02. The van der Waals surface area contributed by atoms with Gasteiger partial charge in [0.1, 0.15) is 5.75 Å². The lowest BCUT2D eigenvalue weighted by Gasteiger charge is -2.10. The molecule has 6 heteroatoms. The van der Waals surface area contributed by atoms with Gasteiger partial charge >= 0.3 is 0 Å². The highest BCUT2D eigenvalue weighted by Gasteiger charge is 2.12. The Morgan fingerprint density at radius 3 is 2.48 bits per heavy atom. The van der Waals surface area contributed by atoms with E-state index in [0.717, 1.165) is 10.6 Å². The molecule has 0 atom stereocenters. The lowest BCUT2D eigenvalue weighted by Crippen LogP contribution is -2.15. The van der Waals surface area contributed by atoms with Gasteiger partial charge in [-0.05, 0) is 43.3 Å². The zero-order valence-electron chi connectivity index (χ0n) is 12.7. The monoisotopic (exact) mass is 330 g/mol. The summed E-state index contributed by atoms with van der Waals surface area (Å²) < 4.78 is 5.36. The second-order valence-corrected chi connectivity index (χ2v) is 5.68. The first kappa shape index (κ1) is 16.9. The van der Waals surface area contributed by atoms with Crippen LogP contribution < -0.4 is 15.8 Å². The van der Waals surface area contributed by atoms with Gasteiger partial charge in [-0.15, -0.1) is 11.8 Å². The Kier molecular flexibility index (Phi) is 6.05. The number of primary amides is 1. The number of amides is 2. The topological polar surface area (TPSA) is 81.4 Å². The van der Waals surface area contributed by atoms with Gasteiger partial charge < -0.3 is 15.8 Å². The SMILES string of the molecule is CCOc1ccc(NC(=O)c2ccccc2SCC(N)=O)cc1. The zero-order valence-corrected chi connectivity index (χ0v) is 13.6. The molecule has 0 aromatic heterocycles. The van der Waals surface area contributed by atoms with E-state index in [1.54, 1.807) is 42.5 Å². The Balaban J connectivity index is 2.09. The van der Waals surface area contributed by atoms with Crippen LogP contribution >= 0.6 is 11.8 Å². The molecule has 2 rings (SSSR count). The van der Waals surface area contributed by atoms with E-state index >= 15 is 0 Å². The summed E-state index contributed by atoms with van der Waals surface area (Å²) >= 11 is 1.25. The zero-order chi connectivity index (χ0) is 16.7. The van der Waals surface area contributed by atoms with Crippen LogP contribution in [0.4, 0.5) is 5.69 Å². The molecular weight excluding hydrogens is 312 g/mol. The number of hydrogen-bond donors (Lipinski definition) is 2. The molecule has 23 heavy (non-hydrogen) atoms. The summed E-state index contributed by atoms with van der Waals surface area (Å²) in [6.45, 7) is 2.51. The lowest BCUT2D eigenvalue weighted by atomic mass is 10.2. The Hall–Kier alpha value is -2.47. The van der Waals surface area contributed by atoms with Crippen LogP contribution in [0.15, 0.2) is 53.4 Å². The third kappa shape index (κ3) is 5.03. The van der Waals surface area contributed by atoms with Gasteiger partial charge in [0.25, 0.3) is 5.91 Å². The number of carbonyl (C=O) groups excluding carboxylic acids is 2. The molecule has 0 aliphatic carbocycles. The van der Waals surface area contributed by atoms with Crippen LogP contribution in [0.2, 0.25) is 0 Å². The number of rotatable bonds is 7. The van der Waals surface area contributed by atoms with E-state index in [4.69, 9.17) is 10.5 Å². The summed E-state index contributed by atoms with van der Waals surface area (Å²) in [6, 6.07) is 14.3. The number of thioether (sulfide) groups is 1. The Labute approximate surface area is 139 Å². The molecule has 0 unspecified atom stereocenters. The molecule has 2 aromatic carbocycles. The minimum atomic E-state index is -0.420. The molecule has 0 fully saturated rings. The standard InChI is InChI=1S/C17H18N2O3S/c1-2-22-13-9-7-12(8-10-13)19-17(21)14-5-3-4-6-15(14)23-11-16(18)20/h3-10H,2,11H2,1H3,(H2,18,20)(H,19,21). The molecule has 0 radical (unpaired) electrons. The molecule has 0 heterocycles. The minimum absolute atomic E-state index is 0.132. The number of benzene rings is 2. The molecule has 0 bridgehead atoms. The summed E-state index contributed by atoms with van der Waals surface area (Å²) in [6.07, 6.45) is 0. The molecule has 3 N–H and O–H groups in total. The number of carbonyl (C=O) groups is 2. The van der Waals surface area contributed by atoms with E-state index in [9.17, 15) is 9.59 Å². The van der Waals surface area contributed by atoms with Crippen molar-refractivity contribution < 1.29 is 14.3 Å². The summed E-state index contributed by atoms with van der Waals surface area (Å²) in [5.74, 6) is 0.231. The highest BCUT2D eigenvalue weighted by Crippen LogP contribution is 2.24. The molecule has 0 aliphatic heterocycles. The highest BCUT2D eigenvalue weighted by molar-refractivity contribution is 8.00. The van der Waals surface area contributed by atoms with Gasteiger partial charge in [-0.25, -0.2) is 0 Å². The number of nitrogens with one attached hydrogen (secondary N) is 1. The lowest BCUT2D eigenvalue weighted by molar-refractivity contribution is -0.115. The first-order valence-corrected chi connectivity index (χ1v) is 8.13. The van der Waals surface area contributed by atoms with Gasteiger partial charge in [0, 0.05) is 10.6 Å². The highest BCUT2D eigenvalue weighted by atomic mass is 32.2. The molecular formula is C17H18N2O3S. The molecule has 0 spiro atoms. The van der Waals surface area contributed by atoms with Crippen molar-refractivity contribution in [2.24, 2.45) is 5.73 Å². The van der Waals surface area contributed by atoms with E-state index < -0.39 is 5.91 Å². The normalized spacial score (nSPS) is 10.1. The van der Waals surface area contributed by atoms with Crippen LogP contribution in [0.3, 0.4) is 0 Å². The summed E-state index contributed by atoms with van der Waals surface area (Å²) in [4.78, 5) is 24.1. The fourth-order valence-corrected chi connectivity index (χ4v) is 2.72. The van der Waals surface area contributed by atoms with Gasteiger partial charge in [-0.2, -0.15) is 0 Å². The summed E-state index contributed by atoms with van der Waals surface area (Å²) in [7, 11) is 0. The van der Waals surface area contributed by atoms with Gasteiger partial charge in [0.2, 0.25) is 5.91 Å². The van der Waals surface area contributed by atoms with Crippen molar-refractivity contribution in [3.05, 3.63) is 54.1 Å². The number of hydrogen-bond acceptors (Lipinski definition) is 4. The fourth-order valence-electron chi connectivity index (χ4n) is 1.93. The van der Waals surface area contributed by atoms with E-state index in [1.807, 2.05) is 13.0 Å². The predicted octanol–water partition coefficient (Wildman–Crippen LogP) is 2.92. The Bertz CT molecular complexity index is 686. The van der Waals surface area contributed by atoms with Gasteiger partial charge in [0.05, 0.1) is 17.9 Å². The van der Waals surface area contributed by atoms with Gasteiger partial charge in [0.15, 0.2) is 0 Å². The minimum Gasteiger partial charge on any atom is -0.494 e. The van der Waals surface area contributed by atoms with Gasteiger partial charge in [-0.1, -0.05) is 12.1 Å². The van der Waals surface area contributed by atoms with E-state index in [1.165, 1.54) is 11.8 Å². The number of anilines is 1. The predicted molar refractivity (Wildman–Crippen MR) is 91.9 cm³/mol. The Morgan fingerprint density at radius 1 is 1.13 bits per heavy atom. The molecule has 120 valence electrons. The van der Waals surface area contributed by atoms with E-state index in [2.05, 4.69) is 5.32 Å². The number of ether oxygens (including phenoxy) is 1. The smallest absolute Gasteiger partial charge is 0.256 e. The van der Waals surface area contributed by atoms with E-state index in [-0.39, 0.29) is 11.7 Å². The van der Waals surface area contributed by atoms with Gasteiger partial charge in [-0.3, -0.25) is 9.59 Å². The van der Waals surface area contributed by atoms with Crippen molar-refractivity contribution in [3.63, 3.8) is 0 Å². The van der Waals surface area contributed by atoms with Crippen LogP contribution in [-0.4, -0.2) is 24.2 Å². The first-order chi connectivity index (χ1) is 11.1. The molecule has 5 nitrogen and oxygen atoms in total. The van der Waals surface area contributed by atoms with Crippen LogP contribution in [-0.2, 0) is 4.79 Å². The average Bonchev–Trinajstić information content (AvgIpc) is 2.55. The molecule has 0 aliphatic rings. The van der Waals surface area contributed by atoms with Crippen LogP contribution in [0.5, 0.6) is 5.75 Å². The third-order valence-electron chi connectivity index (χ3n) is 2.92. The second kappa shape index (κ2) is 8.24. The van der Waals surface area contributed by atoms with Crippen molar-refractivity contribution in [1.82, 2.24) is 0 Å². The van der Waals surface area contributed by atoms with Crippen LogP contribution in [0.1, 0.15) is 17.3 Å². The maximum Gasteiger partial charge on any atom is 0.256 e. The van der Waals surface area contributed by atoms with Crippen molar-refractivity contribution >= 4 is 29.3 Å². The van der Waals surface area contributed by atoms with Crippen LogP contribution in [0, 0.1) is 0 Å². The first-order valence-electron chi connectivity index (χ1n) is 7.14. The van der Waals surface area contributed by atoms with Crippen LogP contribution in [0.25, 0.3) is 0 Å². The summed E-state index contributed by atoms with van der Waals surface area (Å²) in [5, 5.41) is 2.83.